The van der Waals surface area contributed by atoms with Crippen LogP contribution in [-0.2, 0) is 21.2 Å². The second kappa shape index (κ2) is 8.36. The Balaban J connectivity index is 2.41. The summed E-state index contributed by atoms with van der Waals surface area (Å²) in [5, 5.41) is 2.96. The predicted octanol–water partition coefficient (Wildman–Crippen LogP) is 3.74. The Bertz CT molecular complexity index is 864. The molecule has 2 aromatic carbocycles. The van der Waals surface area contributed by atoms with Gasteiger partial charge in [0.1, 0.15) is 6.04 Å². The normalized spacial score (nSPS) is 12.5. The number of rotatable bonds is 7. The lowest BCUT2D eigenvalue weighted by Gasteiger charge is -2.30. The van der Waals surface area contributed by atoms with E-state index < -0.39 is 16.1 Å². The third-order valence-electron chi connectivity index (χ3n) is 4.33. The zero-order valence-electron chi connectivity index (χ0n) is 15.7. The number of para-hydroxylation sites is 2. The zero-order valence-corrected chi connectivity index (χ0v) is 16.5. The second-order valence-electron chi connectivity index (χ2n) is 6.27. The molecule has 26 heavy (non-hydrogen) atoms. The number of hydrogen-bond donors (Lipinski definition) is 1. The van der Waals surface area contributed by atoms with Gasteiger partial charge in [0.05, 0.1) is 11.9 Å². The number of nitrogens with one attached hydrogen (secondary N) is 1. The molecule has 0 bridgehead atoms. The minimum Gasteiger partial charge on any atom is -0.324 e. The van der Waals surface area contributed by atoms with E-state index in [0.29, 0.717) is 12.1 Å². The lowest BCUT2D eigenvalue weighted by Crippen LogP contribution is -2.47. The van der Waals surface area contributed by atoms with Crippen LogP contribution >= 0.6 is 0 Å². The van der Waals surface area contributed by atoms with E-state index in [-0.39, 0.29) is 5.91 Å². The fourth-order valence-electron chi connectivity index (χ4n) is 3.04. The van der Waals surface area contributed by atoms with Gasteiger partial charge in [0.25, 0.3) is 0 Å². The molecule has 140 valence electrons. The fourth-order valence-corrected chi connectivity index (χ4v) is 4.26. The van der Waals surface area contributed by atoms with Gasteiger partial charge in [-0.05, 0) is 43.0 Å². The van der Waals surface area contributed by atoms with E-state index in [1.54, 1.807) is 24.3 Å². The molecule has 0 saturated carbocycles. The van der Waals surface area contributed by atoms with E-state index in [1.807, 2.05) is 45.0 Å². The molecule has 0 unspecified atom stereocenters. The van der Waals surface area contributed by atoms with Gasteiger partial charge >= 0.3 is 0 Å². The third-order valence-corrected chi connectivity index (χ3v) is 5.51. The maximum absolute atomic E-state index is 13.0. The molecule has 6 heteroatoms. The van der Waals surface area contributed by atoms with Crippen molar-refractivity contribution < 1.29 is 13.2 Å². The van der Waals surface area contributed by atoms with Crippen LogP contribution in [0.25, 0.3) is 0 Å². The van der Waals surface area contributed by atoms with Gasteiger partial charge in [0, 0.05) is 5.69 Å². The van der Waals surface area contributed by atoms with E-state index in [9.17, 15) is 13.2 Å². The van der Waals surface area contributed by atoms with Gasteiger partial charge in [-0.25, -0.2) is 8.42 Å². The first kappa shape index (κ1) is 20.0. The van der Waals surface area contributed by atoms with Crippen molar-refractivity contribution in [2.24, 2.45) is 0 Å². The number of sulfonamides is 1. The van der Waals surface area contributed by atoms with E-state index in [4.69, 9.17) is 0 Å². The number of nitrogens with zero attached hydrogens (tertiary/aromatic N) is 1. The molecular formula is C20H26N2O3S. The molecule has 0 heterocycles. The lowest BCUT2D eigenvalue weighted by atomic mass is 10.0. The molecule has 0 spiro atoms. The summed E-state index contributed by atoms with van der Waals surface area (Å²) in [5.41, 5.74) is 3.23. The van der Waals surface area contributed by atoms with Crippen LogP contribution in [0.4, 0.5) is 11.4 Å². The van der Waals surface area contributed by atoms with Gasteiger partial charge in [0.2, 0.25) is 15.9 Å². The maximum atomic E-state index is 13.0. The van der Waals surface area contributed by atoms with Crippen molar-refractivity contribution in [3.8, 4) is 0 Å². The van der Waals surface area contributed by atoms with Crippen molar-refractivity contribution in [2.75, 3.05) is 15.9 Å². The summed E-state index contributed by atoms with van der Waals surface area (Å²) in [6, 6.07) is 13.8. The third kappa shape index (κ3) is 4.43. The summed E-state index contributed by atoms with van der Waals surface area (Å²) >= 11 is 0. The first-order chi connectivity index (χ1) is 12.3. The fraction of sp³-hybridized carbons (Fsp3) is 0.350. The average molecular weight is 375 g/mol. The van der Waals surface area contributed by atoms with Gasteiger partial charge in [-0.1, -0.05) is 50.2 Å². The number of carbonyl (C=O) groups is 1. The summed E-state index contributed by atoms with van der Waals surface area (Å²) < 4.78 is 26.1. The van der Waals surface area contributed by atoms with Crippen LogP contribution in [0, 0.1) is 6.92 Å². The zero-order chi connectivity index (χ0) is 19.3. The molecule has 1 atom stereocenters. The van der Waals surface area contributed by atoms with Crippen LogP contribution in [0.3, 0.4) is 0 Å². The van der Waals surface area contributed by atoms with Gasteiger partial charge in [0.15, 0.2) is 0 Å². The highest BCUT2D eigenvalue weighted by Gasteiger charge is 2.31. The molecule has 0 aliphatic carbocycles. The van der Waals surface area contributed by atoms with Crippen molar-refractivity contribution in [3.05, 3.63) is 59.7 Å². The Morgan fingerprint density at radius 1 is 1.08 bits per heavy atom. The first-order valence-electron chi connectivity index (χ1n) is 8.73. The molecule has 2 rings (SSSR count). The van der Waals surface area contributed by atoms with Crippen molar-refractivity contribution in [2.45, 2.75) is 39.7 Å². The molecule has 0 fully saturated rings. The number of anilines is 2. The number of benzene rings is 2. The molecule has 1 amide bonds. The van der Waals surface area contributed by atoms with Crippen LogP contribution < -0.4 is 9.62 Å². The molecule has 2 aromatic rings. The summed E-state index contributed by atoms with van der Waals surface area (Å²) in [4.78, 5) is 13.0. The smallest absolute Gasteiger partial charge is 0.248 e. The van der Waals surface area contributed by atoms with Crippen LogP contribution in [-0.4, -0.2) is 26.6 Å². The van der Waals surface area contributed by atoms with Crippen LogP contribution in [0.1, 0.15) is 31.4 Å². The van der Waals surface area contributed by atoms with Crippen molar-refractivity contribution in [1.82, 2.24) is 0 Å². The van der Waals surface area contributed by atoms with Crippen molar-refractivity contribution in [3.63, 3.8) is 0 Å². The summed E-state index contributed by atoms with van der Waals surface area (Å²) in [6.07, 6.45) is 2.27. The minimum absolute atomic E-state index is 0.328. The highest BCUT2D eigenvalue weighted by molar-refractivity contribution is 7.92. The lowest BCUT2D eigenvalue weighted by molar-refractivity contribution is -0.117. The van der Waals surface area contributed by atoms with Gasteiger partial charge in [-0.2, -0.15) is 0 Å². The van der Waals surface area contributed by atoms with E-state index >= 15 is 0 Å². The van der Waals surface area contributed by atoms with Crippen LogP contribution in [0.5, 0.6) is 0 Å². The van der Waals surface area contributed by atoms with E-state index in [0.717, 1.165) is 29.5 Å². The minimum atomic E-state index is -3.62. The quantitative estimate of drug-likeness (QED) is 0.803. The summed E-state index contributed by atoms with van der Waals surface area (Å²) in [7, 11) is -3.62. The van der Waals surface area contributed by atoms with Gasteiger partial charge < -0.3 is 5.32 Å². The molecule has 0 radical (unpaired) electrons. The topological polar surface area (TPSA) is 66.5 Å². The molecule has 0 aliphatic heterocycles. The summed E-state index contributed by atoms with van der Waals surface area (Å²) in [6.45, 7) is 5.76. The standard InChI is InChI=1S/C20H26N2O3S/c1-5-16-12-10-11-15(3)19(16)21-20(23)18(6-2)22(26(4,24)25)17-13-8-7-9-14-17/h7-14,18H,5-6H2,1-4H3,(H,21,23)/t18-/m0/s1. The molecule has 5 nitrogen and oxygen atoms in total. The maximum Gasteiger partial charge on any atom is 0.248 e. The largest absolute Gasteiger partial charge is 0.324 e. The second-order valence-corrected chi connectivity index (χ2v) is 8.13. The molecule has 0 saturated heterocycles. The highest BCUT2D eigenvalue weighted by atomic mass is 32.2. The summed E-state index contributed by atoms with van der Waals surface area (Å²) in [5.74, 6) is -0.328. The Morgan fingerprint density at radius 3 is 2.27 bits per heavy atom. The Labute approximate surface area is 156 Å². The Morgan fingerprint density at radius 2 is 1.73 bits per heavy atom. The average Bonchev–Trinajstić information content (AvgIpc) is 2.60. The predicted molar refractivity (Wildman–Crippen MR) is 107 cm³/mol. The Hall–Kier alpha value is -2.34. The molecular weight excluding hydrogens is 348 g/mol. The highest BCUT2D eigenvalue weighted by Crippen LogP contribution is 2.25. The van der Waals surface area contributed by atoms with E-state index in [2.05, 4.69) is 5.32 Å². The van der Waals surface area contributed by atoms with Gasteiger partial charge in [-0.3, -0.25) is 9.10 Å². The van der Waals surface area contributed by atoms with E-state index in [1.165, 1.54) is 4.31 Å². The van der Waals surface area contributed by atoms with Crippen molar-refractivity contribution >= 4 is 27.3 Å². The SMILES string of the molecule is CCc1cccc(C)c1NC(=O)[C@H](CC)N(c1ccccc1)S(C)(=O)=O. The number of aryl methyl sites for hydroxylation is 2. The Kier molecular flexibility index (Phi) is 6.42. The molecule has 0 aliphatic rings. The number of hydrogen-bond acceptors (Lipinski definition) is 3. The molecule has 1 N–H and O–H groups in total. The monoisotopic (exact) mass is 374 g/mol. The number of carbonyl (C=O) groups excluding carboxylic acids is 1. The number of amides is 1. The van der Waals surface area contributed by atoms with Crippen LogP contribution in [0.2, 0.25) is 0 Å². The molecule has 0 aromatic heterocycles. The van der Waals surface area contributed by atoms with Crippen molar-refractivity contribution in [1.29, 1.82) is 0 Å². The van der Waals surface area contributed by atoms with Gasteiger partial charge in [-0.15, -0.1) is 0 Å². The first-order valence-corrected chi connectivity index (χ1v) is 10.6. The van der Waals surface area contributed by atoms with Crippen LogP contribution in [0.15, 0.2) is 48.5 Å².